The van der Waals surface area contributed by atoms with Crippen molar-refractivity contribution in [2.75, 3.05) is 0 Å². The van der Waals surface area contributed by atoms with Crippen molar-refractivity contribution in [3.63, 3.8) is 0 Å². The highest BCUT2D eigenvalue weighted by molar-refractivity contribution is 7.10. The van der Waals surface area contributed by atoms with Crippen LogP contribution in [-0.2, 0) is 6.54 Å². The number of rotatable bonds is 4. The van der Waals surface area contributed by atoms with Gasteiger partial charge >= 0.3 is 0 Å². The molecule has 0 unspecified atom stereocenters. The average Bonchev–Trinajstić information content (AvgIpc) is 2.95. The largest absolute Gasteiger partial charge is 0.484 e. The molecule has 0 aliphatic carbocycles. The molecule has 0 bridgehead atoms. The first-order chi connectivity index (χ1) is 10.9. The van der Waals surface area contributed by atoms with Gasteiger partial charge in [-0.3, -0.25) is 10.1 Å². The lowest BCUT2D eigenvalue weighted by Crippen LogP contribution is -2.51. The standard InChI is InChI=1S/C16H18N2O4S/c1-16(2)15(19)13(14-12(22-16)7-8-23-14)17-9-10-3-5-11(6-4-10)18(20)21/h3-8,13,15,17,19H,9H2,1-2H3/t13-,15+/m0/s1. The molecule has 2 heterocycles. The van der Waals surface area contributed by atoms with Gasteiger partial charge in [0, 0.05) is 18.7 Å². The van der Waals surface area contributed by atoms with Gasteiger partial charge in [-0.2, -0.15) is 0 Å². The zero-order valence-corrected chi connectivity index (χ0v) is 13.7. The summed E-state index contributed by atoms with van der Waals surface area (Å²) in [4.78, 5) is 11.2. The van der Waals surface area contributed by atoms with Gasteiger partial charge in [-0.25, -0.2) is 0 Å². The van der Waals surface area contributed by atoms with Crippen LogP contribution >= 0.6 is 11.3 Å². The van der Waals surface area contributed by atoms with Crippen molar-refractivity contribution < 1.29 is 14.8 Å². The summed E-state index contributed by atoms with van der Waals surface area (Å²) in [6.45, 7) is 4.23. The van der Waals surface area contributed by atoms with E-state index in [0.717, 1.165) is 16.2 Å². The number of hydrogen-bond donors (Lipinski definition) is 2. The first-order valence-corrected chi connectivity index (χ1v) is 8.17. The maximum atomic E-state index is 10.7. The molecular formula is C16H18N2O4S. The number of aliphatic hydroxyl groups excluding tert-OH is 1. The monoisotopic (exact) mass is 334 g/mol. The number of nitrogens with one attached hydrogen (secondary N) is 1. The van der Waals surface area contributed by atoms with Crippen molar-refractivity contribution in [1.82, 2.24) is 5.32 Å². The Hall–Kier alpha value is -1.96. The Balaban J connectivity index is 1.76. The number of nitrogens with zero attached hydrogens (tertiary/aromatic N) is 1. The predicted molar refractivity (Wildman–Crippen MR) is 87.7 cm³/mol. The first-order valence-electron chi connectivity index (χ1n) is 7.29. The zero-order valence-electron chi connectivity index (χ0n) is 12.9. The van der Waals surface area contributed by atoms with E-state index in [1.165, 1.54) is 12.1 Å². The number of nitro groups is 1. The highest BCUT2D eigenvalue weighted by Crippen LogP contribution is 2.42. The second kappa shape index (κ2) is 5.92. The number of hydrogen-bond acceptors (Lipinski definition) is 6. The minimum absolute atomic E-state index is 0.0709. The molecule has 0 saturated heterocycles. The molecule has 2 aromatic rings. The minimum atomic E-state index is -0.688. The molecule has 6 nitrogen and oxygen atoms in total. The van der Waals surface area contributed by atoms with Gasteiger partial charge in [0.15, 0.2) is 0 Å². The minimum Gasteiger partial charge on any atom is -0.484 e. The third-order valence-corrected chi connectivity index (χ3v) is 5.00. The van der Waals surface area contributed by atoms with Gasteiger partial charge in [-0.1, -0.05) is 12.1 Å². The predicted octanol–water partition coefficient (Wildman–Crippen LogP) is 3.02. The summed E-state index contributed by atoms with van der Waals surface area (Å²) in [6.07, 6.45) is -0.688. The number of fused-ring (bicyclic) bond motifs is 1. The Kier molecular flexibility index (Phi) is 4.09. The van der Waals surface area contributed by atoms with Crippen LogP contribution in [0, 0.1) is 10.1 Å². The number of thiophene rings is 1. The summed E-state index contributed by atoms with van der Waals surface area (Å²) in [6, 6.07) is 8.09. The van der Waals surface area contributed by atoms with Crippen molar-refractivity contribution in [3.05, 3.63) is 56.3 Å². The molecule has 0 spiro atoms. The van der Waals surface area contributed by atoms with Crippen molar-refractivity contribution in [2.45, 2.75) is 38.1 Å². The molecule has 1 aromatic heterocycles. The fraction of sp³-hybridized carbons (Fsp3) is 0.375. The molecule has 0 radical (unpaired) electrons. The highest BCUT2D eigenvalue weighted by Gasteiger charge is 2.43. The van der Waals surface area contributed by atoms with E-state index in [-0.39, 0.29) is 11.7 Å². The molecular weight excluding hydrogens is 316 g/mol. The van der Waals surface area contributed by atoms with E-state index in [2.05, 4.69) is 5.32 Å². The molecule has 0 fully saturated rings. The molecule has 0 amide bonds. The Morgan fingerprint density at radius 1 is 1.35 bits per heavy atom. The third-order valence-electron chi connectivity index (χ3n) is 4.01. The summed E-state index contributed by atoms with van der Waals surface area (Å²) < 4.78 is 5.84. The van der Waals surface area contributed by atoms with Crippen LogP contribution in [0.25, 0.3) is 0 Å². The van der Waals surface area contributed by atoms with Gasteiger partial charge < -0.3 is 15.2 Å². The first kappa shape index (κ1) is 15.9. The molecule has 2 N–H and O–H groups in total. The lowest BCUT2D eigenvalue weighted by Gasteiger charge is -2.41. The van der Waals surface area contributed by atoms with Crippen LogP contribution in [0.4, 0.5) is 5.69 Å². The molecule has 1 aliphatic rings. The molecule has 1 aliphatic heterocycles. The lowest BCUT2D eigenvalue weighted by atomic mass is 9.90. The average molecular weight is 334 g/mol. The van der Waals surface area contributed by atoms with E-state index in [1.54, 1.807) is 23.5 Å². The number of aliphatic hydroxyl groups is 1. The molecule has 1 aromatic carbocycles. The van der Waals surface area contributed by atoms with Crippen LogP contribution in [0.2, 0.25) is 0 Å². The second-order valence-electron chi connectivity index (χ2n) is 6.08. The summed E-state index contributed by atoms with van der Waals surface area (Å²) in [7, 11) is 0. The topological polar surface area (TPSA) is 84.6 Å². The molecule has 23 heavy (non-hydrogen) atoms. The van der Waals surface area contributed by atoms with Gasteiger partial charge in [0.1, 0.15) is 17.5 Å². The highest BCUT2D eigenvalue weighted by atomic mass is 32.1. The Bertz CT molecular complexity index is 711. The SMILES string of the molecule is CC1(C)Oc2ccsc2[C@H](NCc2ccc([N+](=O)[O-])cc2)[C@H]1O. The molecule has 3 rings (SSSR count). The van der Waals surface area contributed by atoms with Crippen LogP contribution in [-0.4, -0.2) is 21.7 Å². The summed E-state index contributed by atoms with van der Waals surface area (Å²) in [5.41, 5.74) is 0.313. The molecule has 0 saturated carbocycles. The van der Waals surface area contributed by atoms with Crippen molar-refractivity contribution >= 4 is 17.0 Å². The number of benzene rings is 1. The summed E-state index contributed by atoms with van der Waals surface area (Å²) >= 11 is 1.54. The van der Waals surface area contributed by atoms with Crippen molar-refractivity contribution in [2.24, 2.45) is 0 Å². The second-order valence-corrected chi connectivity index (χ2v) is 7.03. The van der Waals surface area contributed by atoms with Crippen LogP contribution in [0.1, 0.15) is 30.3 Å². The van der Waals surface area contributed by atoms with E-state index in [9.17, 15) is 15.2 Å². The lowest BCUT2D eigenvalue weighted by molar-refractivity contribution is -0.384. The van der Waals surface area contributed by atoms with Crippen molar-refractivity contribution in [1.29, 1.82) is 0 Å². The zero-order chi connectivity index (χ0) is 16.6. The number of ether oxygens (including phenoxy) is 1. The summed E-state index contributed by atoms with van der Waals surface area (Å²) in [5.74, 6) is 0.798. The Labute approximate surface area is 137 Å². The normalized spacial score (nSPS) is 22.2. The smallest absolute Gasteiger partial charge is 0.269 e. The Morgan fingerprint density at radius 3 is 2.70 bits per heavy atom. The van der Waals surface area contributed by atoms with Crippen LogP contribution < -0.4 is 10.1 Å². The van der Waals surface area contributed by atoms with Gasteiger partial charge in [-0.05, 0) is 30.9 Å². The van der Waals surface area contributed by atoms with E-state index in [0.29, 0.717) is 6.54 Å². The van der Waals surface area contributed by atoms with E-state index >= 15 is 0 Å². The fourth-order valence-electron chi connectivity index (χ4n) is 2.68. The maximum Gasteiger partial charge on any atom is 0.269 e. The number of nitro benzene ring substituents is 1. The Morgan fingerprint density at radius 2 is 2.04 bits per heavy atom. The van der Waals surface area contributed by atoms with Crippen LogP contribution in [0.3, 0.4) is 0 Å². The molecule has 7 heteroatoms. The van der Waals surface area contributed by atoms with Crippen LogP contribution in [0.5, 0.6) is 5.75 Å². The molecule has 122 valence electrons. The van der Waals surface area contributed by atoms with Crippen molar-refractivity contribution in [3.8, 4) is 5.75 Å². The molecule has 2 atom stereocenters. The fourth-order valence-corrected chi connectivity index (χ4v) is 3.60. The van der Waals surface area contributed by atoms with E-state index in [4.69, 9.17) is 4.74 Å². The van der Waals surface area contributed by atoms with Gasteiger partial charge in [0.25, 0.3) is 5.69 Å². The van der Waals surface area contributed by atoms with Crippen LogP contribution in [0.15, 0.2) is 35.7 Å². The van der Waals surface area contributed by atoms with Gasteiger partial charge in [-0.15, -0.1) is 11.3 Å². The van der Waals surface area contributed by atoms with Gasteiger partial charge in [0.05, 0.1) is 15.8 Å². The third kappa shape index (κ3) is 3.08. The quantitative estimate of drug-likeness (QED) is 0.663. The van der Waals surface area contributed by atoms with E-state index < -0.39 is 16.6 Å². The maximum absolute atomic E-state index is 10.7. The van der Waals surface area contributed by atoms with E-state index in [1.807, 2.05) is 25.3 Å². The number of non-ortho nitro benzene ring substituents is 1. The van der Waals surface area contributed by atoms with Gasteiger partial charge in [0.2, 0.25) is 0 Å². The summed E-state index contributed by atoms with van der Waals surface area (Å²) in [5, 5.41) is 26.6.